The van der Waals surface area contributed by atoms with Crippen LogP contribution in [-0.4, -0.2) is 29.0 Å². The molecule has 1 aliphatic rings. The number of rotatable bonds is 2. The maximum absolute atomic E-state index is 12.2. The van der Waals surface area contributed by atoms with Gasteiger partial charge in [0.1, 0.15) is 0 Å². The molecule has 2 rings (SSSR count). The quantitative estimate of drug-likeness (QED) is 0.567. The van der Waals surface area contributed by atoms with E-state index in [9.17, 15) is 9.59 Å². The maximum atomic E-state index is 12.2. The van der Waals surface area contributed by atoms with Gasteiger partial charge in [0, 0.05) is 29.8 Å². The Morgan fingerprint density at radius 3 is 2.61 bits per heavy atom. The van der Waals surface area contributed by atoms with Crippen molar-refractivity contribution in [1.82, 2.24) is 16.2 Å². The van der Waals surface area contributed by atoms with E-state index < -0.39 is 0 Å². The molecule has 1 aliphatic heterocycles. The average molecular weight is 334 g/mol. The third-order valence-corrected chi connectivity index (χ3v) is 3.48. The van der Waals surface area contributed by atoms with Gasteiger partial charge in [0.05, 0.1) is 0 Å². The van der Waals surface area contributed by atoms with Gasteiger partial charge in [-0.25, -0.2) is 0 Å². The largest absolute Gasteiger partial charge is 0.357 e. The molecule has 2 amide bonds. The number of nitrogens with zero attached hydrogens (tertiary/aromatic N) is 1. The summed E-state index contributed by atoms with van der Waals surface area (Å²) < 4.78 is 0. The number of anilines is 1. The molecular formula is C16H22N4O2S. The van der Waals surface area contributed by atoms with E-state index >= 15 is 0 Å². The Balaban J connectivity index is 1.97. The number of carbonyl (C=O) groups is 2. The van der Waals surface area contributed by atoms with Crippen LogP contribution in [0.5, 0.6) is 0 Å². The summed E-state index contributed by atoms with van der Waals surface area (Å²) in [6, 6.07) is 7.00. The summed E-state index contributed by atoms with van der Waals surface area (Å²) in [5, 5.41) is 3.38. The van der Waals surface area contributed by atoms with Crippen LogP contribution in [0.4, 0.5) is 5.69 Å². The van der Waals surface area contributed by atoms with Gasteiger partial charge < -0.3 is 10.2 Å². The third kappa shape index (κ3) is 4.92. The van der Waals surface area contributed by atoms with Gasteiger partial charge in [-0.05, 0) is 57.6 Å². The van der Waals surface area contributed by atoms with E-state index in [0.717, 1.165) is 12.1 Å². The van der Waals surface area contributed by atoms with Crippen molar-refractivity contribution in [3.05, 3.63) is 29.8 Å². The Kier molecular flexibility index (Phi) is 5.20. The van der Waals surface area contributed by atoms with Crippen LogP contribution in [0, 0.1) is 0 Å². The van der Waals surface area contributed by atoms with Crippen molar-refractivity contribution in [2.75, 3.05) is 11.4 Å². The third-order valence-electron chi connectivity index (χ3n) is 3.27. The molecule has 0 spiro atoms. The number of amides is 2. The predicted octanol–water partition coefficient (Wildman–Crippen LogP) is 1.72. The number of hydrogen-bond acceptors (Lipinski definition) is 3. The van der Waals surface area contributed by atoms with Crippen LogP contribution in [-0.2, 0) is 4.79 Å². The number of thiocarbonyl (C=S) groups is 1. The van der Waals surface area contributed by atoms with Gasteiger partial charge in [0.25, 0.3) is 5.91 Å². The van der Waals surface area contributed by atoms with Crippen molar-refractivity contribution in [1.29, 1.82) is 0 Å². The van der Waals surface area contributed by atoms with Crippen molar-refractivity contribution >= 4 is 34.8 Å². The number of hydrazine groups is 1. The minimum atomic E-state index is -0.309. The lowest BCUT2D eigenvalue weighted by Crippen LogP contribution is -2.52. The molecule has 0 atom stereocenters. The monoisotopic (exact) mass is 334 g/mol. The Morgan fingerprint density at radius 2 is 2.00 bits per heavy atom. The smallest absolute Gasteiger partial charge is 0.269 e. The van der Waals surface area contributed by atoms with Crippen LogP contribution < -0.4 is 21.1 Å². The lowest BCUT2D eigenvalue weighted by molar-refractivity contribution is -0.117. The lowest BCUT2D eigenvalue weighted by atomic mass is 10.1. The molecule has 6 nitrogen and oxygen atoms in total. The van der Waals surface area contributed by atoms with Crippen LogP contribution in [0.3, 0.4) is 0 Å². The molecule has 7 heteroatoms. The normalized spacial score (nSPS) is 14.6. The topological polar surface area (TPSA) is 73.5 Å². The van der Waals surface area contributed by atoms with Crippen molar-refractivity contribution in [2.45, 2.75) is 39.2 Å². The van der Waals surface area contributed by atoms with Crippen molar-refractivity contribution in [2.24, 2.45) is 0 Å². The van der Waals surface area contributed by atoms with E-state index in [4.69, 9.17) is 12.2 Å². The fourth-order valence-electron chi connectivity index (χ4n) is 2.29. The van der Waals surface area contributed by atoms with Gasteiger partial charge in [-0.3, -0.25) is 20.4 Å². The molecule has 1 heterocycles. The Bertz CT molecular complexity index is 625. The molecule has 0 saturated carbocycles. The van der Waals surface area contributed by atoms with Gasteiger partial charge >= 0.3 is 0 Å². The Hall–Kier alpha value is -2.15. The summed E-state index contributed by atoms with van der Waals surface area (Å²) >= 11 is 5.11. The summed E-state index contributed by atoms with van der Waals surface area (Å²) in [5.74, 6) is -0.215. The number of nitrogens with one attached hydrogen (secondary N) is 3. The fourth-order valence-corrected chi connectivity index (χ4v) is 2.65. The van der Waals surface area contributed by atoms with E-state index in [1.54, 1.807) is 23.1 Å². The lowest BCUT2D eigenvalue weighted by Gasteiger charge is -2.23. The minimum Gasteiger partial charge on any atom is -0.357 e. The van der Waals surface area contributed by atoms with Crippen LogP contribution in [0.2, 0.25) is 0 Å². The molecule has 0 aromatic heterocycles. The minimum absolute atomic E-state index is 0.0937. The molecule has 0 bridgehead atoms. The summed E-state index contributed by atoms with van der Waals surface area (Å²) in [7, 11) is 0. The summed E-state index contributed by atoms with van der Waals surface area (Å²) in [6.45, 7) is 6.61. The van der Waals surface area contributed by atoms with Crippen LogP contribution in [0.15, 0.2) is 24.3 Å². The maximum Gasteiger partial charge on any atom is 0.269 e. The van der Waals surface area contributed by atoms with Crippen molar-refractivity contribution < 1.29 is 9.59 Å². The van der Waals surface area contributed by atoms with E-state index in [1.165, 1.54) is 0 Å². The van der Waals surface area contributed by atoms with Gasteiger partial charge in [0.15, 0.2) is 5.11 Å². The fraction of sp³-hybridized carbons (Fsp3) is 0.438. The molecule has 0 unspecified atom stereocenters. The average Bonchev–Trinajstić information content (AvgIpc) is 2.89. The first-order valence-electron chi connectivity index (χ1n) is 7.55. The summed E-state index contributed by atoms with van der Waals surface area (Å²) in [5.41, 5.74) is 6.25. The highest BCUT2D eigenvalue weighted by atomic mass is 32.1. The second kappa shape index (κ2) is 6.95. The molecule has 1 fully saturated rings. The van der Waals surface area contributed by atoms with Gasteiger partial charge in [-0.1, -0.05) is 6.07 Å². The molecule has 1 saturated heterocycles. The standard InChI is InChI=1S/C16H22N4O2S/c1-16(2,3)17-15(23)19-18-14(22)11-6-4-7-12(10-11)20-9-5-8-13(20)21/h4,6-7,10H,5,8-9H2,1-3H3,(H,18,22)(H2,17,19,23). The second-order valence-corrected chi connectivity index (χ2v) is 6.89. The van der Waals surface area contributed by atoms with Gasteiger partial charge in [0.2, 0.25) is 5.91 Å². The van der Waals surface area contributed by atoms with E-state index in [0.29, 0.717) is 23.6 Å². The van der Waals surface area contributed by atoms with Crippen LogP contribution >= 0.6 is 12.2 Å². The van der Waals surface area contributed by atoms with Crippen LogP contribution in [0.25, 0.3) is 0 Å². The number of hydrogen-bond donors (Lipinski definition) is 3. The molecule has 0 radical (unpaired) electrons. The predicted molar refractivity (Wildman–Crippen MR) is 94.1 cm³/mol. The highest BCUT2D eigenvalue weighted by Gasteiger charge is 2.22. The Morgan fingerprint density at radius 1 is 1.26 bits per heavy atom. The zero-order chi connectivity index (χ0) is 17.0. The van der Waals surface area contributed by atoms with Crippen molar-refractivity contribution in [3.63, 3.8) is 0 Å². The first-order valence-corrected chi connectivity index (χ1v) is 7.96. The highest BCUT2D eigenvalue weighted by Crippen LogP contribution is 2.22. The first-order chi connectivity index (χ1) is 10.8. The van der Waals surface area contributed by atoms with E-state index in [1.807, 2.05) is 26.8 Å². The first kappa shape index (κ1) is 17.2. The number of carbonyl (C=O) groups excluding carboxylic acids is 2. The molecule has 1 aromatic rings. The Labute approximate surface area is 141 Å². The zero-order valence-corrected chi connectivity index (χ0v) is 14.4. The summed E-state index contributed by atoms with van der Waals surface area (Å²) in [4.78, 5) is 25.7. The van der Waals surface area contributed by atoms with Crippen LogP contribution in [0.1, 0.15) is 44.0 Å². The van der Waals surface area contributed by atoms with Gasteiger partial charge in [-0.15, -0.1) is 0 Å². The second-order valence-electron chi connectivity index (χ2n) is 6.48. The molecule has 23 heavy (non-hydrogen) atoms. The van der Waals surface area contributed by atoms with E-state index in [2.05, 4.69) is 16.2 Å². The molecule has 124 valence electrons. The SMILES string of the molecule is CC(C)(C)NC(=S)NNC(=O)c1cccc(N2CCCC2=O)c1. The molecule has 0 aliphatic carbocycles. The zero-order valence-electron chi connectivity index (χ0n) is 13.6. The highest BCUT2D eigenvalue weighted by molar-refractivity contribution is 7.80. The van der Waals surface area contributed by atoms with Crippen molar-refractivity contribution in [3.8, 4) is 0 Å². The molecule has 3 N–H and O–H groups in total. The summed E-state index contributed by atoms with van der Waals surface area (Å²) in [6.07, 6.45) is 1.41. The van der Waals surface area contributed by atoms with Gasteiger partial charge in [-0.2, -0.15) is 0 Å². The molecular weight excluding hydrogens is 312 g/mol. The molecule has 1 aromatic carbocycles. The van der Waals surface area contributed by atoms with E-state index in [-0.39, 0.29) is 17.4 Å². The number of benzene rings is 1.